The molecule has 178 valence electrons. The topological polar surface area (TPSA) is 73.0 Å². The summed E-state index contributed by atoms with van der Waals surface area (Å²) in [6.07, 6.45) is 4.75. The van der Waals surface area contributed by atoms with Gasteiger partial charge in [-0.05, 0) is 36.4 Å². The van der Waals surface area contributed by atoms with E-state index < -0.39 is 0 Å². The first kappa shape index (κ1) is 23.3. The van der Waals surface area contributed by atoms with Gasteiger partial charge in [0.2, 0.25) is 0 Å². The van der Waals surface area contributed by atoms with Crippen molar-refractivity contribution >= 4 is 28.4 Å². The minimum absolute atomic E-state index is 0.115. The molecule has 7 nitrogen and oxygen atoms in total. The smallest absolute Gasteiger partial charge is 0.269 e. The van der Waals surface area contributed by atoms with Gasteiger partial charge in [0.15, 0.2) is 11.4 Å². The average molecular weight is 496 g/mol. The Labute approximate surface area is 212 Å². The highest BCUT2D eigenvalue weighted by Gasteiger charge is 2.19. The Bertz CT molecular complexity index is 1630. The Morgan fingerprint density at radius 1 is 0.917 bits per heavy atom. The number of halogens is 1. The van der Waals surface area contributed by atoms with Gasteiger partial charge in [-0.3, -0.25) is 14.2 Å². The summed E-state index contributed by atoms with van der Waals surface area (Å²) >= 11 is 6.10. The fraction of sp³-hybridized carbons (Fsp3) is 0.0714. The summed E-state index contributed by atoms with van der Waals surface area (Å²) in [7, 11) is 3.70. The fourth-order valence-corrected chi connectivity index (χ4v) is 3.97. The van der Waals surface area contributed by atoms with E-state index in [0.29, 0.717) is 38.7 Å². The molecule has 0 unspecified atom stereocenters. The number of para-hydroxylation sites is 1. The van der Waals surface area contributed by atoms with Crippen molar-refractivity contribution in [2.45, 2.75) is 0 Å². The molecule has 2 heterocycles. The molecule has 0 spiro atoms. The van der Waals surface area contributed by atoms with Crippen molar-refractivity contribution in [3.05, 3.63) is 118 Å². The molecule has 8 heteroatoms. The molecule has 0 aliphatic carbocycles. The Morgan fingerprint density at radius 2 is 1.61 bits per heavy atom. The Balaban J connectivity index is 1.70. The summed E-state index contributed by atoms with van der Waals surface area (Å²) in [6, 6.07) is 23.6. The predicted molar refractivity (Wildman–Crippen MR) is 142 cm³/mol. The highest BCUT2D eigenvalue weighted by atomic mass is 35.5. The maximum Gasteiger partial charge on any atom is 0.269 e. The van der Waals surface area contributed by atoms with Crippen LogP contribution in [0, 0.1) is 0 Å². The van der Waals surface area contributed by atoms with Crippen molar-refractivity contribution in [3.8, 4) is 22.8 Å². The molecule has 0 fully saturated rings. The van der Waals surface area contributed by atoms with Gasteiger partial charge >= 0.3 is 0 Å². The van der Waals surface area contributed by atoms with Crippen molar-refractivity contribution in [2.75, 3.05) is 14.1 Å². The maximum atomic E-state index is 13.7. The quantitative estimate of drug-likeness (QED) is 0.240. The lowest BCUT2D eigenvalue weighted by Crippen LogP contribution is -2.22. The largest absolute Gasteiger partial charge is 0.383 e. The number of carbonyl (C=O) groups excluding carboxylic acids is 1. The lowest BCUT2D eigenvalue weighted by atomic mass is 10.1. The first-order valence-corrected chi connectivity index (χ1v) is 11.6. The van der Waals surface area contributed by atoms with E-state index in [-0.39, 0.29) is 11.3 Å². The van der Waals surface area contributed by atoms with Crippen molar-refractivity contribution in [1.29, 1.82) is 0 Å². The summed E-state index contributed by atoms with van der Waals surface area (Å²) in [4.78, 5) is 32.9. The molecule has 36 heavy (non-hydrogen) atoms. The van der Waals surface area contributed by atoms with E-state index in [1.54, 1.807) is 68.9 Å². The van der Waals surface area contributed by atoms with Crippen molar-refractivity contribution < 1.29 is 4.79 Å². The number of carbonyl (C=O) groups is 1. The first-order valence-electron chi connectivity index (χ1n) is 11.2. The molecule has 0 aliphatic rings. The Hall–Kier alpha value is -4.49. The molecule has 5 aromatic rings. The molecule has 0 aliphatic heterocycles. The van der Waals surface area contributed by atoms with E-state index in [0.717, 1.165) is 5.69 Å². The zero-order chi connectivity index (χ0) is 25.2. The van der Waals surface area contributed by atoms with Gasteiger partial charge < -0.3 is 4.90 Å². The molecule has 5 rings (SSSR count). The minimum Gasteiger partial charge on any atom is -0.383 e. The average Bonchev–Trinajstić information content (AvgIpc) is 3.33. The van der Waals surface area contributed by atoms with Crippen molar-refractivity contribution in [2.24, 2.45) is 0 Å². The van der Waals surface area contributed by atoms with E-state index in [9.17, 15) is 9.59 Å². The van der Waals surface area contributed by atoms with Crippen LogP contribution >= 0.6 is 11.6 Å². The van der Waals surface area contributed by atoms with E-state index in [2.05, 4.69) is 5.10 Å². The van der Waals surface area contributed by atoms with Gasteiger partial charge in [-0.15, -0.1) is 0 Å². The highest BCUT2D eigenvalue weighted by Crippen LogP contribution is 2.25. The summed E-state index contributed by atoms with van der Waals surface area (Å²) < 4.78 is 3.19. The molecule has 0 N–H and O–H groups in total. The van der Waals surface area contributed by atoms with E-state index in [1.807, 2.05) is 44.4 Å². The van der Waals surface area contributed by atoms with Gasteiger partial charge in [-0.2, -0.15) is 5.10 Å². The predicted octanol–water partition coefficient (Wildman–Crippen LogP) is 5.15. The third-order valence-corrected chi connectivity index (χ3v) is 5.89. The standard InChI is InChI=1S/C28H22ClN5O2/c1-32(2)17-16-25(35)19-8-10-20(11-9-19)26-31-27-24(18-30-34(27)23-6-4-3-5-7-23)28(36)33(26)22-14-12-21(29)13-15-22/h3-18H,1-2H3. The monoisotopic (exact) mass is 495 g/mol. The third-order valence-electron chi connectivity index (χ3n) is 5.64. The molecule has 0 radical (unpaired) electrons. The van der Waals surface area contributed by atoms with Crippen LogP contribution in [-0.2, 0) is 0 Å². The lowest BCUT2D eigenvalue weighted by molar-refractivity contribution is 0.104. The number of allylic oxidation sites excluding steroid dienone is 1. The number of fused-ring (bicyclic) bond motifs is 1. The van der Waals surface area contributed by atoms with Crippen LogP contribution in [0.5, 0.6) is 0 Å². The maximum absolute atomic E-state index is 13.7. The van der Waals surface area contributed by atoms with Gasteiger partial charge in [0, 0.05) is 42.5 Å². The highest BCUT2D eigenvalue weighted by molar-refractivity contribution is 6.30. The molecule has 3 aromatic carbocycles. The van der Waals surface area contributed by atoms with Crippen LogP contribution in [0.2, 0.25) is 5.02 Å². The molecule has 0 amide bonds. The SMILES string of the molecule is CN(C)C=CC(=O)c1ccc(-c2nc3c(cnn3-c3ccccc3)c(=O)n2-c2ccc(Cl)cc2)cc1. The zero-order valence-electron chi connectivity index (χ0n) is 19.7. The van der Waals surface area contributed by atoms with Crippen LogP contribution in [0.4, 0.5) is 0 Å². The number of nitrogens with zero attached hydrogens (tertiary/aromatic N) is 5. The second kappa shape index (κ2) is 9.64. The van der Waals surface area contributed by atoms with Crippen LogP contribution in [-0.4, -0.2) is 44.1 Å². The number of hydrogen-bond acceptors (Lipinski definition) is 5. The van der Waals surface area contributed by atoms with E-state index in [1.165, 1.54) is 12.3 Å². The molecule has 0 saturated heterocycles. The number of hydrogen-bond donors (Lipinski definition) is 0. The normalized spacial score (nSPS) is 11.3. The van der Waals surface area contributed by atoms with Gasteiger partial charge in [0.05, 0.1) is 17.6 Å². The molecular formula is C28H22ClN5O2. The van der Waals surface area contributed by atoms with Crippen LogP contribution < -0.4 is 5.56 Å². The summed E-state index contributed by atoms with van der Waals surface area (Å²) in [6.45, 7) is 0. The molecule has 0 atom stereocenters. The van der Waals surface area contributed by atoms with E-state index >= 15 is 0 Å². The van der Waals surface area contributed by atoms with Crippen molar-refractivity contribution in [1.82, 2.24) is 24.2 Å². The van der Waals surface area contributed by atoms with Gasteiger partial charge in [-0.1, -0.05) is 54.1 Å². The van der Waals surface area contributed by atoms with Crippen LogP contribution in [0.3, 0.4) is 0 Å². The Morgan fingerprint density at radius 3 is 2.28 bits per heavy atom. The van der Waals surface area contributed by atoms with Crippen molar-refractivity contribution in [3.63, 3.8) is 0 Å². The van der Waals surface area contributed by atoms with Crippen LogP contribution in [0.25, 0.3) is 33.8 Å². The number of benzene rings is 3. The minimum atomic E-state index is -0.256. The van der Waals surface area contributed by atoms with Crippen LogP contribution in [0.15, 0.2) is 102 Å². The van der Waals surface area contributed by atoms with Gasteiger partial charge in [0.1, 0.15) is 11.2 Å². The number of aromatic nitrogens is 4. The lowest BCUT2D eigenvalue weighted by Gasteiger charge is -2.14. The second-order valence-electron chi connectivity index (χ2n) is 8.40. The fourth-order valence-electron chi connectivity index (χ4n) is 3.85. The van der Waals surface area contributed by atoms with Gasteiger partial charge in [-0.25, -0.2) is 9.67 Å². The summed E-state index contributed by atoms with van der Waals surface area (Å²) in [5, 5.41) is 5.40. The van der Waals surface area contributed by atoms with Gasteiger partial charge in [0.25, 0.3) is 5.56 Å². The number of ketones is 1. The van der Waals surface area contributed by atoms with E-state index in [4.69, 9.17) is 16.6 Å². The third kappa shape index (κ3) is 4.44. The number of rotatable bonds is 6. The molecular weight excluding hydrogens is 474 g/mol. The Kier molecular flexibility index (Phi) is 6.23. The molecule has 2 aromatic heterocycles. The molecule has 0 bridgehead atoms. The molecule has 0 saturated carbocycles. The summed E-state index contributed by atoms with van der Waals surface area (Å²) in [5.41, 5.74) is 2.82. The zero-order valence-corrected chi connectivity index (χ0v) is 20.4. The summed E-state index contributed by atoms with van der Waals surface area (Å²) in [5.74, 6) is 0.311. The first-order chi connectivity index (χ1) is 17.4. The second-order valence-corrected chi connectivity index (χ2v) is 8.84. The van der Waals surface area contributed by atoms with Crippen LogP contribution in [0.1, 0.15) is 10.4 Å².